The number of ether oxygens (including phenoxy) is 1. The third kappa shape index (κ3) is 7.99. The molecule has 27 heavy (non-hydrogen) atoms. The standard InChI is InChI=1S/C20H34N4O2.HI/c1-21-20(22-10-6-13-25-16-17-8-9-17)23-15-18(19-7-5-14-26-19)24-11-3-2-4-12-24;/h5,7,14,17-18H,2-4,6,8-13,15-16H2,1H3,(H2,21,22,23);1H. The van der Waals surface area contributed by atoms with Gasteiger partial charge in [0.05, 0.1) is 12.3 Å². The van der Waals surface area contributed by atoms with Crippen LogP contribution in [-0.4, -0.2) is 57.3 Å². The van der Waals surface area contributed by atoms with Crippen LogP contribution in [0.4, 0.5) is 0 Å². The van der Waals surface area contributed by atoms with Gasteiger partial charge >= 0.3 is 0 Å². The first-order chi connectivity index (χ1) is 12.9. The van der Waals surface area contributed by atoms with Crippen LogP contribution in [0.25, 0.3) is 0 Å². The van der Waals surface area contributed by atoms with Gasteiger partial charge in [-0.25, -0.2) is 0 Å². The lowest BCUT2D eigenvalue weighted by Crippen LogP contribution is -2.44. The zero-order chi connectivity index (χ0) is 18.0. The van der Waals surface area contributed by atoms with Gasteiger partial charge in [0.25, 0.3) is 0 Å². The summed E-state index contributed by atoms with van der Waals surface area (Å²) in [7, 11) is 1.82. The number of halogens is 1. The molecule has 1 unspecified atom stereocenters. The van der Waals surface area contributed by atoms with Crippen LogP contribution in [0.15, 0.2) is 27.8 Å². The van der Waals surface area contributed by atoms with Crippen LogP contribution >= 0.6 is 24.0 Å². The Hall–Kier alpha value is -0.800. The number of hydrogen-bond donors (Lipinski definition) is 2. The van der Waals surface area contributed by atoms with Crippen molar-refractivity contribution in [3.05, 3.63) is 24.2 Å². The van der Waals surface area contributed by atoms with Crippen molar-refractivity contribution in [3.63, 3.8) is 0 Å². The first-order valence-corrected chi connectivity index (χ1v) is 10.2. The van der Waals surface area contributed by atoms with E-state index in [4.69, 9.17) is 9.15 Å². The predicted molar refractivity (Wildman–Crippen MR) is 120 cm³/mol. The molecule has 1 atom stereocenters. The lowest BCUT2D eigenvalue weighted by atomic mass is 10.1. The molecule has 1 saturated heterocycles. The third-order valence-electron chi connectivity index (χ3n) is 5.20. The van der Waals surface area contributed by atoms with E-state index in [2.05, 4.69) is 26.6 Å². The molecular formula is C20H35IN4O2. The highest BCUT2D eigenvalue weighted by Crippen LogP contribution is 2.28. The van der Waals surface area contributed by atoms with E-state index in [0.717, 1.165) is 63.5 Å². The van der Waals surface area contributed by atoms with Crippen molar-refractivity contribution in [3.8, 4) is 0 Å². The third-order valence-corrected chi connectivity index (χ3v) is 5.20. The summed E-state index contributed by atoms with van der Waals surface area (Å²) < 4.78 is 11.4. The number of likely N-dealkylation sites (tertiary alicyclic amines) is 1. The zero-order valence-corrected chi connectivity index (χ0v) is 18.8. The number of nitrogens with zero attached hydrogens (tertiary/aromatic N) is 2. The molecule has 1 saturated carbocycles. The summed E-state index contributed by atoms with van der Waals surface area (Å²) in [6.45, 7) is 5.70. The summed E-state index contributed by atoms with van der Waals surface area (Å²) in [5.41, 5.74) is 0. The monoisotopic (exact) mass is 490 g/mol. The van der Waals surface area contributed by atoms with E-state index in [1.54, 1.807) is 6.26 Å². The Morgan fingerprint density at radius 3 is 2.78 bits per heavy atom. The van der Waals surface area contributed by atoms with Gasteiger partial charge < -0.3 is 19.8 Å². The molecule has 1 aliphatic carbocycles. The van der Waals surface area contributed by atoms with Crippen molar-refractivity contribution in [2.75, 3.05) is 46.4 Å². The fourth-order valence-electron chi connectivity index (χ4n) is 3.45. The second-order valence-electron chi connectivity index (χ2n) is 7.38. The van der Waals surface area contributed by atoms with E-state index < -0.39 is 0 Å². The van der Waals surface area contributed by atoms with Crippen LogP contribution < -0.4 is 10.6 Å². The highest BCUT2D eigenvalue weighted by Gasteiger charge is 2.24. The average Bonchev–Trinajstić information content (AvgIpc) is 3.35. The van der Waals surface area contributed by atoms with Gasteiger partial charge in [0, 0.05) is 33.4 Å². The van der Waals surface area contributed by atoms with Crippen LogP contribution in [0, 0.1) is 5.92 Å². The second-order valence-corrected chi connectivity index (χ2v) is 7.38. The molecule has 7 heteroatoms. The largest absolute Gasteiger partial charge is 0.468 e. The van der Waals surface area contributed by atoms with Crippen molar-refractivity contribution >= 4 is 29.9 Å². The lowest BCUT2D eigenvalue weighted by molar-refractivity contribution is 0.123. The van der Waals surface area contributed by atoms with Crippen molar-refractivity contribution in [1.82, 2.24) is 15.5 Å². The number of aliphatic imine (C=N–C) groups is 1. The number of piperidine rings is 1. The summed E-state index contributed by atoms with van der Waals surface area (Å²) in [6.07, 6.45) is 9.34. The molecule has 3 rings (SSSR count). The van der Waals surface area contributed by atoms with Gasteiger partial charge in [-0.2, -0.15) is 0 Å². The summed E-state index contributed by atoms with van der Waals surface area (Å²) >= 11 is 0. The number of hydrogen-bond acceptors (Lipinski definition) is 4. The van der Waals surface area contributed by atoms with Gasteiger partial charge in [-0.1, -0.05) is 6.42 Å². The molecule has 0 bridgehead atoms. The first kappa shape index (κ1) is 22.5. The Kier molecular flexibility index (Phi) is 10.5. The van der Waals surface area contributed by atoms with Crippen molar-refractivity contribution < 1.29 is 9.15 Å². The van der Waals surface area contributed by atoms with E-state index in [-0.39, 0.29) is 30.0 Å². The molecule has 0 spiro atoms. The molecule has 1 aromatic rings. The number of furan rings is 1. The minimum absolute atomic E-state index is 0. The smallest absolute Gasteiger partial charge is 0.191 e. The van der Waals surface area contributed by atoms with Crippen LogP contribution in [0.5, 0.6) is 0 Å². The van der Waals surface area contributed by atoms with Crippen LogP contribution in [0.2, 0.25) is 0 Å². The van der Waals surface area contributed by atoms with Gasteiger partial charge in [0.1, 0.15) is 5.76 Å². The van der Waals surface area contributed by atoms with E-state index in [1.807, 2.05) is 13.1 Å². The van der Waals surface area contributed by atoms with Crippen LogP contribution in [-0.2, 0) is 4.74 Å². The van der Waals surface area contributed by atoms with E-state index in [0.29, 0.717) is 0 Å². The zero-order valence-electron chi connectivity index (χ0n) is 16.5. The molecule has 2 fully saturated rings. The van der Waals surface area contributed by atoms with Crippen LogP contribution in [0.1, 0.15) is 50.3 Å². The normalized spacial score (nSPS) is 19.4. The van der Waals surface area contributed by atoms with Crippen LogP contribution in [0.3, 0.4) is 0 Å². The van der Waals surface area contributed by atoms with Crippen molar-refractivity contribution in [1.29, 1.82) is 0 Å². The molecular weight excluding hydrogens is 455 g/mol. The maximum Gasteiger partial charge on any atom is 0.191 e. The topological polar surface area (TPSA) is 62.0 Å². The van der Waals surface area contributed by atoms with Gasteiger partial charge in [-0.15, -0.1) is 24.0 Å². The molecule has 2 aliphatic rings. The fourth-order valence-corrected chi connectivity index (χ4v) is 3.45. The van der Waals surface area contributed by atoms with E-state index in [9.17, 15) is 0 Å². The minimum Gasteiger partial charge on any atom is -0.468 e. The SMILES string of the molecule is CN=C(NCCCOCC1CC1)NCC(c1ccco1)N1CCCCC1.I. The first-order valence-electron chi connectivity index (χ1n) is 10.2. The second kappa shape index (κ2) is 12.6. The number of nitrogens with one attached hydrogen (secondary N) is 2. The van der Waals surface area contributed by atoms with Gasteiger partial charge in [-0.3, -0.25) is 9.89 Å². The van der Waals surface area contributed by atoms with Crippen molar-refractivity contribution in [2.45, 2.75) is 44.6 Å². The van der Waals surface area contributed by atoms with E-state index in [1.165, 1.54) is 32.1 Å². The highest BCUT2D eigenvalue weighted by molar-refractivity contribution is 14.0. The predicted octanol–water partition coefficient (Wildman–Crippen LogP) is 3.41. The Morgan fingerprint density at radius 1 is 1.30 bits per heavy atom. The maximum atomic E-state index is 5.71. The Morgan fingerprint density at radius 2 is 2.11 bits per heavy atom. The Bertz CT molecular complexity index is 528. The quantitative estimate of drug-likeness (QED) is 0.228. The van der Waals surface area contributed by atoms with Gasteiger partial charge in [0.15, 0.2) is 5.96 Å². The van der Waals surface area contributed by atoms with Gasteiger partial charge in [-0.05, 0) is 63.2 Å². The fraction of sp³-hybridized carbons (Fsp3) is 0.750. The molecule has 0 aromatic carbocycles. The molecule has 2 N–H and O–H groups in total. The maximum absolute atomic E-state index is 5.71. The highest BCUT2D eigenvalue weighted by atomic mass is 127. The van der Waals surface area contributed by atoms with E-state index >= 15 is 0 Å². The molecule has 0 amide bonds. The summed E-state index contributed by atoms with van der Waals surface area (Å²) in [4.78, 5) is 6.87. The Balaban J connectivity index is 0.00000261. The molecule has 154 valence electrons. The average molecular weight is 490 g/mol. The lowest BCUT2D eigenvalue weighted by Gasteiger charge is -2.33. The minimum atomic E-state index is 0. The Labute approximate surface area is 180 Å². The summed E-state index contributed by atoms with van der Waals surface area (Å²) in [5.74, 6) is 2.72. The van der Waals surface area contributed by atoms with Crippen molar-refractivity contribution in [2.24, 2.45) is 10.9 Å². The summed E-state index contributed by atoms with van der Waals surface area (Å²) in [6, 6.07) is 4.31. The molecule has 1 aliphatic heterocycles. The molecule has 6 nitrogen and oxygen atoms in total. The van der Waals surface area contributed by atoms with Gasteiger partial charge in [0.2, 0.25) is 0 Å². The summed E-state index contributed by atoms with van der Waals surface area (Å²) in [5, 5.41) is 6.86. The number of rotatable bonds is 10. The molecule has 1 aromatic heterocycles. The molecule has 0 radical (unpaired) electrons. The number of guanidine groups is 1. The molecule has 2 heterocycles.